The van der Waals surface area contributed by atoms with E-state index in [2.05, 4.69) is 43.5 Å². The smallest absolute Gasteiger partial charge is 0.222 e. The summed E-state index contributed by atoms with van der Waals surface area (Å²) in [6.07, 6.45) is 3.41. The van der Waals surface area contributed by atoms with E-state index in [0.29, 0.717) is 24.5 Å². The topological polar surface area (TPSA) is 131 Å². The Kier molecular flexibility index (Phi) is 5.26. The van der Waals surface area contributed by atoms with Crippen molar-refractivity contribution in [3.05, 3.63) is 65.6 Å². The first-order valence-corrected chi connectivity index (χ1v) is 11.0. The molecule has 0 fully saturated rings. The van der Waals surface area contributed by atoms with Crippen molar-refractivity contribution in [1.29, 1.82) is 0 Å². The van der Waals surface area contributed by atoms with Gasteiger partial charge >= 0.3 is 0 Å². The molecule has 3 heterocycles. The van der Waals surface area contributed by atoms with Crippen LogP contribution in [0.15, 0.2) is 48.7 Å². The molecule has 0 unspecified atom stereocenters. The summed E-state index contributed by atoms with van der Waals surface area (Å²) >= 11 is 0. The highest BCUT2D eigenvalue weighted by Crippen LogP contribution is 2.29. The highest BCUT2D eigenvalue weighted by Gasteiger charge is 2.13. The minimum atomic E-state index is 0.192. The average Bonchev–Trinajstić information content (AvgIpc) is 3.36. The van der Waals surface area contributed by atoms with Gasteiger partial charge in [-0.15, -0.1) is 0 Å². The number of nitrogen functional groups attached to an aromatic ring is 2. The van der Waals surface area contributed by atoms with E-state index in [0.717, 1.165) is 51.1 Å². The highest BCUT2D eigenvalue weighted by atomic mass is 16.5. The van der Waals surface area contributed by atoms with Gasteiger partial charge in [0.25, 0.3) is 0 Å². The van der Waals surface area contributed by atoms with Crippen molar-refractivity contribution in [2.24, 2.45) is 0 Å². The summed E-state index contributed by atoms with van der Waals surface area (Å²) in [5.41, 5.74) is 19.0. The van der Waals surface area contributed by atoms with Crippen LogP contribution in [0, 0.1) is 6.92 Å². The second kappa shape index (κ2) is 8.38. The number of nitrogens with one attached hydrogen (secondary N) is 3. The summed E-state index contributed by atoms with van der Waals surface area (Å²) in [4.78, 5) is 15.4. The van der Waals surface area contributed by atoms with Crippen molar-refractivity contribution in [2.45, 2.75) is 26.7 Å². The van der Waals surface area contributed by atoms with Gasteiger partial charge in [-0.25, -0.2) is 4.98 Å². The lowest BCUT2D eigenvalue weighted by molar-refractivity contribution is 0.340. The third kappa shape index (κ3) is 4.15. The molecule has 0 aliphatic rings. The molecule has 8 nitrogen and oxygen atoms in total. The summed E-state index contributed by atoms with van der Waals surface area (Å²) in [6.45, 7) is 4.65. The van der Waals surface area contributed by atoms with Gasteiger partial charge in [-0.2, -0.15) is 4.98 Å². The van der Waals surface area contributed by atoms with Crippen molar-refractivity contribution < 1.29 is 4.74 Å². The average molecular weight is 442 g/mol. The van der Waals surface area contributed by atoms with Gasteiger partial charge < -0.3 is 31.5 Å². The number of anilines is 4. The molecule has 0 amide bonds. The number of rotatable bonds is 7. The second-order valence-electron chi connectivity index (χ2n) is 8.12. The van der Waals surface area contributed by atoms with Crippen LogP contribution in [-0.2, 0) is 12.8 Å². The Morgan fingerprint density at radius 2 is 1.85 bits per heavy atom. The summed E-state index contributed by atoms with van der Waals surface area (Å²) < 4.78 is 5.66. The first-order valence-electron chi connectivity index (χ1n) is 11.0. The van der Waals surface area contributed by atoms with Crippen molar-refractivity contribution in [2.75, 3.05) is 23.4 Å². The molecule has 0 bridgehead atoms. The minimum absolute atomic E-state index is 0.192. The molecule has 0 radical (unpaired) electrons. The van der Waals surface area contributed by atoms with Gasteiger partial charge in [0.05, 0.1) is 18.0 Å². The Labute approximate surface area is 191 Å². The molecule has 5 rings (SSSR count). The van der Waals surface area contributed by atoms with E-state index in [4.69, 9.17) is 16.2 Å². The van der Waals surface area contributed by atoms with Crippen LogP contribution in [0.4, 0.5) is 23.1 Å². The first kappa shape index (κ1) is 20.7. The largest absolute Gasteiger partial charge is 0.494 e. The van der Waals surface area contributed by atoms with Gasteiger partial charge in [-0.05, 0) is 74.7 Å². The molecular formula is C25H27N7O. The van der Waals surface area contributed by atoms with Crippen molar-refractivity contribution in [3.8, 4) is 5.75 Å². The predicted molar refractivity (Wildman–Crippen MR) is 134 cm³/mol. The molecule has 2 aromatic carbocycles. The quantitative estimate of drug-likeness (QED) is 0.246. The van der Waals surface area contributed by atoms with Gasteiger partial charge in [-0.3, -0.25) is 0 Å². The monoisotopic (exact) mass is 441 g/mol. The van der Waals surface area contributed by atoms with Crippen LogP contribution in [-0.4, -0.2) is 26.5 Å². The van der Waals surface area contributed by atoms with Crippen molar-refractivity contribution in [3.63, 3.8) is 0 Å². The fourth-order valence-corrected chi connectivity index (χ4v) is 4.19. The first-order chi connectivity index (χ1) is 16.0. The number of H-pyrrole nitrogens is 2. The number of aromatic nitrogens is 4. The maximum Gasteiger partial charge on any atom is 0.222 e. The van der Waals surface area contributed by atoms with E-state index in [-0.39, 0.29) is 5.95 Å². The van der Waals surface area contributed by atoms with E-state index >= 15 is 0 Å². The number of ether oxygens (including phenoxy) is 1. The molecule has 3 aromatic heterocycles. The Balaban J connectivity index is 1.39. The summed E-state index contributed by atoms with van der Waals surface area (Å²) in [6, 6.07) is 14.2. The van der Waals surface area contributed by atoms with Crippen molar-refractivity contribution >= 4 is 44.9 Å². The van der Waals surface area contributed by atoms with E-state index in [9.17, 15) is 0 Å². The molecule has 7 N–H and O–H groups in total. The zero-order chi connectivity index (χ0) is 22.9. The fraction of sp³-hybridized carbons (Fsp3) is 0.200. The van der Waals surface area contributed by atoms with Gasteiger partial charge in [0, 0.05) is 39.4 Å². The Hall–Kier alpha value is -4.20. The number of fused-ring (bicyclic) bond motifs is 2. The molecule has 8 heteroatoms. The maximum atomic E-state index is 6.46. The Morgan fingerprint density at radius 1 is 1.00 bits per heavy atom. The second-order valence-corrected chi connectivity index (χ2v) is 8.12. The lowest BCUT2D eigenvalue weighted by Crippen LogP contribution is -2.09. The molecule has 0 aliphatic heterocycles. The molecule has 33 heavy (non-hydrogen) atoms. The molecule has 0 spiro atoms. The summed E-state index contributed by atoms with van der Waals surface area (Å²) in [7, 11) is 0. The van der Waals surface area contributed by atoms with Crippen LogP contribution in [0.1, 0.15) is 23.9 Å². The molecule has 0 saturated heterocycles. The lowest BCUT2D eigenvalue weighted by atomic mass is 10.1. The summed E-state index contributed by atoms with van der Waals surface area (Å²) in [5, 5.41) is 5.56. The number of benzene rings is 2. The van der Waals surface area contributed by atoms with Crippen LogP contribution in [0.3, 0.4) is 0 Å². The molecule has 0 atom stereocenters. The molecule has 0 saturated carbocycles. The third-order valence-electron chi connectivity index (χ3n) is 5.74. The van der Waals surface area contributed by atoms with E-state index in [1.54, 1.807) is 0 Å². The standard InChI is InChI=1S/C25H27N7O/c1-3-33-18-6-9-21-19(12-18)15(13-28-21)4-7-22-23(26)24(32-25(27)31-22)30-17-5-8-20-16(11-17)10-14(2)29-20/h5-6,8-13,28-29H,3-4,7,26H2,1-2H3,(H3,27,30,31,32). The predicted octanol–water partition coefficient (Wildman–Crippen LogP) is 4.84. The number of aromatic amines is 2. The number of hydrogen-bond donors (Lipinski definition) is 5. The number of aryl methyl sites for hydroxylation is 3. The van der Waals surface area contributed by atoms with Crippen LogP contribution >= 0.6 is 0 Å². The summed E-state index contributed by atoms with van der Waals surface area (Å²) in [5.74, 6) is 1.57. The Morgan fingerprint density at radius 3 is 2.70 bits per heavy atom. The van der Waals surface area contributed by atoms with E-state index in [1.165, 1.54) is 5.56 Å². The minimum Gasteiger partial charge on any atom is -0.494 e. The van der Waals surface area contributed by atoms with Crippen LogP contribution < -0.4 is 21.5 Å². The van der Waals surface area contributed by atoms with Crippen LogP contribution in [0.5, 0.6) is 5.75 Å². The normalized spacial score (nSPS) is 11.3. The van der Waals surface area contributed by atoms with Crippen LogP contribution in [0.2, 0.25) is 0 Å². The highest BCUT2D eigenvalue weighted by molar-refractivity contribution is 5.86. The molecule has 0 aliphatic carbocycles. The van der Waals surface area contributed by atoms with Gasteiger partial charge in [0.15, 0.2) is 5.82 Å². The number of nitrogens with zero attached hydrogens (tertiary/aromatic N) is 2. The lowest BCUT2D eigenvalue weighted by Gasteiger charge is -2.13. The number of nitrogens with two attached hydrogens (primary N) is 2. The molecule has 5 aromatic rings. The molecule has 168 valence electrons. The molecular weight excluding hydrogens is 414 g/mol. The van der Waals surface area contributed by atoms with E-state index in [1.807, 2.05) is 44.3 Å². The van der Waals surface area contributed by atoms with Gasteiger partial charge in [-0.1, -0.05) is 0 Å². The fourth-order valence-electron chi connectivity index (χ4n) is 4.19. The van der Waals surface area contributed by atoms with E-state index < -0.39 is 0 Å². The zero-order valence-corrected chi connectivity index (χ0v) is 18.7. The van der Waals surface area contributed by atoms with Gasteiger partial charge in [0.2, 0.25) is 5.95 Å². The van der Waals surface area contributed by atoms with Crippen LogP contribution in [0.25, 0.3) is 21.8 Å². The SMILES string of the molecule is CCOc1ccc2[nH]cc(CCc3nc(N)nc(Nc4ccc5[nH]c(C)cc5c4)c3N)c2c1. The number of hydrogen-bond acceptors (Lipinski definition) is 6. The van der Waals surface area contributed by atoms with Crippen molar-refractivity contribution in [1.82, 2.24) is 19.9 Å². The Bertz CT molecular complexity index is 1450. The maximum absolute atomic E-state index is 6.46. The zero-order valence-electron chi connectivity index (χ0n) is 18.7. The van der Waals surface area contributed by atoms with Gasteiger partial charge in [0.1, 0.15) is 5.75 Å². The third-order valence-corrected chi connectivity index (χ3v) is 5.74.